The molecule has 0 N–H and O–H groups in total. The lowest BCUT2D eigenvalue weighted by atomic mass is 9.95. The minimum absolute atomic E-state index is 0.0624. The Labute approximate surface area is 162 Å². The van der Waals surface area contributed by atoms with Gasteiger partial charge in [-0.2, -0.15) is 0 Å². The van der Waals surface area contributed by atoms with Gasteiger partial charge >= 0.3 is 0 Å². The third-order valence-electron chi connectivity index (χ3n) is 5.24. The van der Waals surface area contributed by atoms with E-state index < -0.39 is 0 Å². The second-order valence-electron chi connectivity index (χ2n) is 7.18. The number of pyridine rings is 1. The van der Waals surface area contributed by atoms with Crippen LogP contribution in [0.4, 0.5) is 10.1 Å². The van der Waals surface area contributed by atoms with Gasteiger partial charge in [-0.05, 0) is 61.2 Å². The van der Waals surface area contributed by atoms with Crippen molar-refractivity contribution in [3.8, 4) is 0 Å². The number of carbonyl (C=O) groups excluding carboxylic acids is 1. The Hall–Kier alpha value is -3.21. The SMILES string of the molecule is CC1CCc2cc(F)ccc2N1C(=O)c1cccn(Cc2ccccc2)c1=O. The number of rotatable bonds is 3. The first kappa shape index (κ1) is 18.2. The molecule has 142 valence electrons. The van der Waals surface area contributed by atoms with E-state index in [0.717, 1.165) is 17.5 Å². The van der Waals surface area contributed by atoms with Crippen molar-refractivity contribution in [2.45, 2.75) is 32.4 Å². The van der Waals surface area contributed by atoms with Gasteiger partial charge in [-0.1, -0.05) is 30.3 Å². The number of amides is 1. The van der Waals surface area contributed by atoms with E-state index in [0.29, 0.717) is 18.7 Å². The van der Waals surface area contributed by atoms with Crippen LogP contribution in [0, 0.1) is 5.82 Å². The first-order chi connectivity index (χ1) is 13.5. The summed E-state index contributed by atoms with van der Waals surface area (Å²) in [5.41, 5.74) is 2.27. The molecule has 0 fully saturated rings. The number of hydrogen-bond acceptors (Lipinski definition) is 2. The number of carbonyl (C=O) groups is 1. The van der Waals surface area contributed by atoms with Crippen LogP contribution >= 0.6 is 0 Å². The number of aryl methyl sites for hydroxylation is 1. The van der Waals surface area contributed by atoms with Gasteiger partial charge in [0.05, 0.1) is 6.54 Å². The van der Waals surface area contributed by atoms with E-state index >= 15 is 0 Å². The van der Waals surface area contributed by atoms with Crippen molar-refractivity contribution in [3.63, 3.8) is 0 Å². The van der Waals surface area contributed by atoms with Crippen molar-refractivity contribution in [2.24, 2.45) is 0 Å². The zero-order chi connectivity index (χ0) is 19.7. The number of fused-ring (bicyclic) bond motifs is 1. The Balaban J connectivity index is 1.71. The Morgan fingerprint density at radius 2 is 1.89 bits per heavy atom. The van der Waals surface area contributed by atoms with Crippen LogP contribution < -0.4 is 10.5 Å². The van der Waals surface area contributed by atoms with Crippen LogP contribution in [0.15, 0.2) is 71.7 Å². The van der Waals surface area contributed by atoms with Crippen LogP contribution in [0.5, 0.6) is 0 Å². The molecule has 0 radical (unpaired) electrons. The van der Waals surface area contributed by atoms with Gasteiger partial charge in [0, 0.05) is 17.9 Å². The molecule has 2 aromatic carbocycles. The molecule has 0 saturated heterocycles. The maximum absolute atomic E-state index is 13.6. The predicted molar refractivity (Wildman–Crippen MR) is 107 cm³/mol. The molecule has 1 aliphatic rings. The van der Waals surface area contributed by atoms with E-state index in [-0.39, 0.29) is 28.9 Å². The molecular weight excluding hydrogens is 355 g/mol. The molecule has 0 bridgehead atoms. The smallest absolute Gasteiger partial charge is 0.264 e. The average Bonchev–Trinajstić information content (AvgIpc) is 2.70. The summed E-state index contributed by atoms with van der Waals surface area (Å²) < 4.78 is 15.2. The molecule has 4 nitrogen and oxygen atoms in total. The molecule has 0 spiro atoms. The Morgan fingerprint density at radius 3 is 2.68 bits per heavy atom. The second kappa shape index (κ2) is 7.43. The highest BCUT2D eigenvalue weighted by Gasteiger charge is 2.30. The molecule has 0 saturated carbocycles. The van der Waals surface area contributed by atoms with Crippen LogP contribution in [-0.4, -0.2) is 16.5 Å². The van der Waals surface area contributed by atoms with Crippen LogP contribution in [0.1, 0.15) is 34.8 Å². The summed E-state index contributed by atoms with van der Waals surface area (Å²) in [4.78, 5) is 27.9. The van der Waals surface area contributed by atoms with Crippen LogP contribution in [0.2, 0.25) is 0 Å². The number of anilines is 1. The van der Waals surface area contributed by atoms with E-state index in [1.165, 1.54) is 12.1 Å². The lowest BCUT2D eigenvalue weighted by molar-refractivity contribution is 0.0973. The first-order valence-electron chi connectivity index (χ1n) is 9.40. The molecule has 1 aromatic heterocycles. The summed E-state index contributed by atoms with van der Waals surface area (Å²) in [7, 11) is 0. The van der Waals surface area contributed by atoms with Crippen molar-refractivity contribution < 1.29 is 9.18 Å². The summed E-state index contributed by atoms with van der Waals surface area (Å²) in [6, 6.07) is 17.3. The molecule has 5 heteroatoms. The maximum Gasteiger partial charge on any atom is 0.264 e. The molecule has 0 aliphatic carbocycles. The Kier molecular flexibility index (Phi) is 4.82. The van der Waals surface area contributed by atoms with Gasteiger partial charge in [0.2, 0.25) is 0 Å². The first-order valence-corrected chi connectivity index (χ1v) is 9.40. The summed E-state index contributed by atoms with van der Waals surface area (Å²) >= 11 is 0. The number of hydrogen-bond donors (Lipinski definition) is 0. The minimum atomic E-state index is -0.340. The normalized spacial score (nSPS) is 15.9. The van der Waals surface area contributed by atoms with Gasteiger partial charge in [-0.3, -0.25) is 9.59 Å². The van der Waals surface area contributed by atoms with E-state index in [2.05, 4.69) is 0 Å². The maximum atomic E-state index is 13.6. The molecule has 1 aliphatic heterocycles. The lowest BCUT2D eigenvalue weighted by Gasteiger charge is -2.35. The van der Waals surface area contributed by atoms with Crippen molar-refractivity contribution in [1.82, 2.24) is 4.57 Å². The molecule has 1 unspecified atom stereocenters. The third kappa shape index (κ3) is 3.36. The molecule has 4 rings (SSSR count). The van der Waals surface area contributed by atoms with Crippen molar-refractivity contribution in [3.05, 3.63) is 99.7 Å². The van der Waals surface area contributed by atoms with E-state index in [1.807, 2.05) is 37.3 Å². The topological polar surface area (TPSA) is 42.3 Å². The Bertz CT molecular complexity index is 1080. The summed E-state index contributed by atoms with van der Waals surface area (Å²) in [6.45, 7) is 2.35. The van der Waals surface area contributed by atoms with E-state index in [9.17, 15) is 14.0 Å². The minimum Gasteiger partial charge on any atom is -0.310 e. The fourth-order valence-corrected chi connectivity index (χ4v) is 3.76. The zero-order valence-electron chi connectivity index (χ0n) is 15.6. The molecule has 1 atom stereocenters. The monoisotopic (exact) mass is 376 g/mol. The summed E-state index contributed by atoms with van der Waals surface area (Å²) in [5, 5.41) is 0. The largest absolute Gasteiger partial charge is 0.310 e. The van der Waals surface area contributed by atoms with Crippen molar-refractivity contribution in [1.29, 1.82) is 0 Å². The predicted octanol–water partition coefficient (Wildman–Crippen LogP) is 4.02. The Morgan fingerprint density at radius 1 is 1.11 bits per heavy atom. The van der Waals surface area contributed by atoms with Gasteiger partial charge in [-0.25, -0.2) is 4.39 Å². The third-order valence-corrected chi connectivity index (χ3v) is 5.24. The lowest BCUT2D eigenvalue weighted by Crippen LogP contribution is -2.44. The second-order valence-corrected chi connectivity index (χ2v) is 7.18. The van der Waals surface area contributed by atoms with Gasteiger partial charge in [-0.15, -0.1) is 0 Å². The van der Waals surface area contributed by atoms with Crippen LogP contribution in [-0.2, 0) is 13.0 Å². The number of benzene rings is 2. The highest BCUT2D eigenvalue weighted by atomic mass is 19.1. The summed E-state index contributed by atoms with van der Waals surface area (Å²) in [5.74, 6) is -0.655. The average molecular weight is 376 g/mol. The quantitative estimate of drug-likeness (QED) is 0.693. The van der Waals surface area contributed by atoms with Crippen LogP contribution in [0.3, 0.4) is 0 Å². The standard InChI is InChI=1S/C23H21FN2O2/c1-16-9-10-18-14-19(24)11-12-21(18)26(16)23(28)20-8-5-13-25(22(20)27)15-17-6-3-2-4-7-17/h2-8,11-14,16H,9-10,15H2,1H3. The van der Waals surface area contributed by atoms with Gasteiger partial charge in [0.1, 0.15) is 11.4 Å². The highest BCUT2D eigenvalue weighted by Crippen LogP contribution is 2.32. The van der Waals surface area contributed by atoms with Crippen LogP contribution in [0.25, 0.3) is 0 Å². The van der Waals surface area contributed by atoms with Gasteiger partial charge in [0.15, 0.2) is 0 Å². The number of halogens is 1. The van der Waals surface area contributed by atoms with Crippen molar-refractivity contribution in [2.75, 3.05) is 4.90 Å². The number of nitrogens with zero attached hydrogens (tertiary/aromatic N) is 2. The molecule has 28 heavy (non-hydrogen) atoms. The fourth-order valence-electron chi connectivity index (χ4n) is 3.76. The van der Waals surface area contributed by atoms with E-state index in [4.69, 9.17) is 0 Å². The zero-order valence-corrected chi connectivity index (χ0v) is 15.6. The molecule has 3 aromatic rings. The highest BCUT2D eigenvalue weighted by molar-refractivity contribution is 6.06. The fraction of sp³-hybridized carbons (Fsp3) is 0.217. The summed E-state index contributed by atoms with van der Waals surface area (Å²) in [6.07, 6.45) is 3.13. The van der Waals surface area contributed by atoms with Gasteiger partial charge < -0.3 is 9.47 Å². The molecule has 1 amide bonds. The van der Waals surface area contributed by atoms with E-state index in [1.54, 1.807) is 33.9 Å². The molecular formula is C23H21FN2O2. The molecule has 2 heterocycles. The number of aromatic nitrogens is 1. The van der Waals surface area contributed by atoms with Crippen molar-refractivity contribution >= 4 is 11.6 Å². The van der Waals surface area contributed by atoms with Gasteiger partial charge in [0.25, 0.3) is 11.5 Å².